The van der Waals surface area contributed by atoms with Gasteiger partial charge in [0, 0.05) is 0 Å². The topological polar surface area (TPSA) is 87.9 Å². The van der Waals surface area contributed by atoms with Crippen LogP contribution in [0.25, 0.3) is 6.08 Å². The highest BCUT2D eigenvalue weighted by molar-refractivity contribution is 8.01. The monoisotopic (exact) mass is 346 g/mol. The van der Waals surface area contributed by atoms with Crippen LogP contribution in [0.1, 0.15) is 12.5 Å². The summed E-state index contributed by atoms with van der Waals surface area (Å²) in [7, 11) is 1.58. The molecule has 0 unspecified atom stereocenters. The molecule has 1 aromatic carbocycles. The molecule has 1 N–H and O–H groups in total. The first-order chi connectivity index (χ1) is 11.2. The smallest absolute Gasteiger partial charge is 0.268 e. The highest BCUT2D eigenvalue weighted by atomic mass is 32.2. The molecule has 118 valence electrons. The highest BCUT2D eigenvalue weighted by Crippen LogP contribution is 2.25. The molecule has 0 radical (unpaired) electrons. The lowest BCUT2D eigenvalue weighted by Crippen LogP contribution is -2.13. The Hall–Kier alpha value is -2.37. The molecule has 0 aliphatic rings. The molecule has 8 heteroatoms. The molecular formula is C15H14N4O2S2. The van der Waals surface area contributed by atoms with Crippen LogP contribution in [0.3, 0.4) is 0 Å². The van der Waals surface area contributed by atoms with Gasteiger partial charge in [-0.05, 0) is 29.5 Å². The van der Waals surface area contributed by atoms with Crippen molar-refractivity contribution in [3.8, 4) is 11.8 Å². The van der Waals surface area contributed by atoms with E-state index in [-0.39, 0.29) is 5.57 Å². The van der Waals surface area contributed by atoms with Gasteiger partial charge >= 0.3 is 0 Å². The third-order valence-corrected chi connectivity index (χ3v) is 4.54. The summed E-state index contributed by atoms with van der Waals surface area (Å²) in [6, 6.07) is 8.96. The van der Waals surface area contributed by atoms with Gasteiger partial charge in [-0.1, -0.05) is 42.2 Å². The Morgan fingerprint density at radius 1 is 1.43 bits per heavy atom. The number of anilines is 1. The standard InChI is InChI=1S/C15H14N4O2S2/c1-3-22-15-19-18-14(23-15)17-13(20)11(9-16)8-10-4-6-12(21-2)7-5-10/h4-8H,3H2,1-2H3,(H,17,18,20)/b11-8+. The molecule has 0 saturated carbocycles. The van der Waals surface area contributed by atoms with Gasteiger partial charge in [-0.3, -0.25) is 10.1 Å². The number of nitrogens with one attached hydrogen (secondary N) is 1. The molecule has 1 amide bonds. The van der Waals surface area contributed by atoms with E-state index in [4.69, 9.17) is 4.74 Å². The molecule has 2 rings (SSSR count). The number of carbonyl (C=O) groups excluding carboxylic acids is 1. The number of nitriles is 1. The van der Waals surface area contributed by atoms with Crippen molar-refractivity contribution in [3.63, 3.8) is 0 Å². The van der Waals surface area contributed by atoms with E-state index >= 15 is 0 Å². The number of hydrogen-bond acceptors (Lipinski definition) is 7. The minimum absolute atomic E-state index is 0.00457. The molecule has 0 fully saturated rings. The number of carbonyl (C=O) groups is 1. The lowest BCUT2D eigenvalue weighted by atomic mass is 10.1. The molecule has 0 atom stereocenters. The summed E-state index contributed by atoms with van der Waals surface area (Å²) in [6.07, 6.45) is 1.51. The molecule has 0 aliphatic heterocycles. The predicted molar refractivity (Wildman–Crippen MR) is 91.5 cm³/mol. The van der Waals surface area contributed by atoms with E-state index < -0.39 is 5.91 Å². The summed E-state index contributed by atoms with van der Waals surface area (Å²) in [4.78, 5) is 12.1. The van der Waals surface area contributed by atoms with Crippen LogP contribution in [-0.4, -0.2) is 29.0 Å². The van der Waals surface area contributed by atoms with Gasteiger partial charge in [-0.2, -0.15) is 5.26 Å². The second-order valence-electron chi connectivity index (χ2n) is 4.20. The Labute approximate surface area is 142 Å². The van der Waals surface area contributed by atoms with Crippen LogP contribution in [0.4, 0.5) is 5.13 Å². The first-order valence-corrected chi connectivity index (χ1v) is 8.50. The molecular weight excluding hydrogens is 332 g/mol. The fourth-order valence-electron chi connectivity index (χ4n) is 1.62. The fraction of sp³-hybridized carbons (Fsp3) is 0.200. The maximum absolute atomic E-state index is 12.1. The number of rotatable bonds is 6. The van der Waals surface area contributed by atoms with Crippen LogP contribution in [0, 0.1) is 11.3 Å². The second kappa shape index (κ2) is 8.31. The average molecular weight is 346 g/mol. The third kappa shape index (κ3) is 4.81. The Bertz CT molecular complexity index is 748. The lowest BCUT2D eigenvalue weighted by molar-refractivity contribution is -0.112. The molecule has 0 saturated heterocycles. The lowest BCUT2D eigenvalue weighted by Gasteiger charge is -2.01. The maximum Gasteiger partial charge on any atom is 0.268 e. The Morgan fingerprint density at radius 2 is 2.17 bits per heavy atom. The van der Waals surface area contributed by atoms with E-state index in [1.807, 2.05) is 13.0 Å². The van der Waals surface area contributed by atoms with Crippen molar-refractivity contribution in [1.82, 2.24) is 10.2 Å². The minimum atomic E-state index is -0.507. The number of aromatic nitrogens is 2. The first-order valence-electron chi connectivity index (χ1n) is 6.69. The second-order valence-corrected chi connectivity index (χ2v) is 6.69. The van der Waals surface area contributed by atoms with Crippen molar-refractivity contribution in [2.24, 2.45) is 0 Å². The first kappa shape index (κ1) is 17.0. The molecule has 2 aromatic rings. The summed E-state index contributed by atoms with van der Waals surface area (Å²) in [5, 5.41) is 20.0. The fourth-order valence-corrected chi connectivity index (χ4v) is 3.27. The van der Waals surface area contributed by atoms with Crippen molar-refractivity contribution in [3.05, 3.63) is 35.4 Å². The van der Waals surface area contributed by atoms with Gasteiger partial charge in [0.05, 0.1) is 7.11 Å². The van der Waals surface area contributed by atoms with E-state index in [2.05, 4.69) is 15.5 Å². The van der Waals surface area contributed by atoms with Crippen molar-refractivity contribution in [2.75, 3.05) is 18.2 Å². The summed E-state index contributed by atoms with van der Waals surface area (Å²) in [6.45, 7) is 2.01. The van der Waals surface area contributed by atoms with Gasteiger partial charge in [0.2, 0.25) is 5.13 Å². The van der Waals surface area contributed by atoms with E-state index in [0.29, 0.717) is 10.9 Å². The zero-order valence-electron chi connectivity index (χ0n) is 12.6. The molecule has 23 heavy (non-hydrogen) atoms. The zero-order chi connectivity index (χ0) is 16.7. The van der Waals surface area contributed by atoms with Crippen LogP contribution in [0.2, 0.25) is 0 Å². The normalized spacial score (nSPS) is 10.9. The Kier molecular flexibility index (Phi) is 6.14. The Morgan fingerprint density at radius 3 is 2.78 bits per heavy atom. The van der Waals surface area contributed by atoms with E-state index in [1.165, 1.54) is 17.4 Å². The van der Waals surface area contributed by atoms with E-state index in [9.17, 15) is 10.1 Å². The number of hydrogen-bond donors (Lipinski definition) is 1. The van der Waals surface area contributed by atoms with Crippen molar-refractivity contribution < 1.29 is 9.53 Å². The van der Waals surface area contributed by atoms with Gasteiger partial charge in [-0.25, -0.2) is 0 Å². The van der Waals surface area contributed by atoms with Gasteiger partial charge in [0.1, 0.15) is 17.4 Å². The molecule has 0 aliphatic carbocycles. The highest BCUT2D eigenvalue weighted by Gasteiger charge is 2.12. The maximum atomic E-state index is 12.1. The molecule has 6 nitrogen and oxygen atoms in total. The molecule has 1 aromatic heterocycles. The van der Waals surface area contributed by atoms with Crippen LogP contribution in [-0.2, 0) is 4.79 Å². The number of benzene rings is 1. The van der Waals surface area contributed by atoms with Crippen LogP contribution in [0.15, 0.2) is 34.2 Å². The van der Waals surface area contributed by atoms with Crippen LogP contribution < -0.4 is 10.1 Å². The summed E-state index contributed by atoms with van der Waals surface area (Å²) in [5.41, 5.74) is 0.729. The number of ether oxygens (including phenoxy) is 1. The summed E-state index contributed by atoms with van der Waals surface area (Å²) in [5.74, 6) is 1.08. The number of methoxy groups -OCH3 is 1. The SMILES string of the molecule is CCSc1nnc(NC(=O)/C(C#N)=C/c2ccc(OC)cc2)s1. The van der Waals surface area contributed by atoms with E-state index in [1.54, 1.807) is 43.1 Å². The molecule has 0 bridgehead atoms. The largest absolute Gasteiger partial charge is 0.497 e. The van der Waals surface area contributed by atoms with Gasteiger partial charge in [-0.15, -0.1) is 10.2 Å². The summed E-state index contributed by atoms with van der Waals surface area (Å²) < 4.78 is 5.85. The van der Waals surface area contributed by atoms with Gasteiger partial charge < -0.3 is 4.74 Å². The average Bonchev–Trinajstić information content (AvgIpc) is 3.00. The van der Waals surface area contributed by atoms with E-state index in [0.717, 1.165) is 15.7 Å². The summed E-state index contributed by atoms with van der Waals surface area (Å²) >= 11 is 2.83. The molecule has 1 heterocycles. The number of thioether (sulfide) groups is 1. The number of nitrogens with zero attached hydrogens (tertiary/aromatic N) is 3. The Balaban J connectivity index is 2.10. The predicted octanol–water partition coefficient (Wildman–Crippen LogP) is 3.20. The van der Waals surface area contributed by atoms with Crippen molar-refractivity contribution >= 4 is 40.2 Å². The number of amides is 1. The van der Waals surface area contributed by atoms with Gasteiger partial charge in [0.25, 0.3) is 5.91 Å². The van der Waals surface area contributed by atoms with Gasteiger partial charge in [0.15, 0.2) is 4.34 Å². The van der Waals surface area contributed by atoms with Crippen molar-refractivity contribution in [1.29, 1.82) is 5.26 Å². The van der Waals surface area contributed by atoms with Crippen molar-refractivity contribution in [2.45, 2.75) is 11.3 Å². The quantitative estimate of drug-likeness (QED) is 0.374. The van der Waals surface area contributed by atoms with Crippen LogP contribution >= 0.6 is 23.1 Å². The minimum Gasteiger partial charge on any atom is -0.497 e. The zero-order valence-corrected chi connectivity index (χ0v) is 14.2. The third-order valence-electron chi connectivity index (χ3n) is 2.69. The molecule has 0 spiro atoms. The van der Waals surface area contributed by atoms with Crippen LogP contribution in [0.5, 0.6) is 5.75 Å².